The van der Waals surface area contributed by atoms with E-state index in [-0.39, 0.29) is 0 Å². The molecule has 108 valence electrons. The minimum atomic E-state index is -0.397. The van der Waals surface area contributed by atoms with Gasteiger partial charge in [-0.15, -0.1) is 0 Å². The number of nitrogens with zero attached hydrogens (tertiary/aromatic N) is 2. The maximum absolute atomic E-state index is 5.92. The van der Waals surface area contributed by atoms with E-state index in [0.29, 0.717) is 24.4 Å². The molecule has 0 bridgehead atoms. The van der Waals surface area contributed by atoms with Crippen molar-refractivity contribution in [2.75, 3.05) is 13.2 Å². The highest BCUT2D eigenvalue weighted by Crippen LogP contribution is 2.33. The van der Waals surface area contributed by atoms with Gasteiger partial charge in [0.05, 0.1) is 5.92 Å². The molecular weight excluding hydrogens is 242 g/mol. The molecule has 1 aliphatic rings. The molecular formula is C14H25N3O2. The molecule has 5 heteroatoms. The summed E-state index contributed by atoms with van der Waals surface area (Å²) in [5.41, 5.74) is -0.397. The molecule has 0 amide bonds. The fraction of sp³-hybridized carbons (Fsp3) is 0.857. The summed E-state index contributed by atoms with van der Waals surface area (Å²) in [4.78, 5) is 4.63. The van der Waals surface area contributed by atoms with Crippen LogP contribution in [-0.2, 0) is 10.3 Å². The average Bonchev–Trinajstić information content (AvgIpc) is 3.04. The summed E-state index contributed by atoms with van der Waals surface area (Å²) in [6.45, 7) is 10.1. The lowest BCUT2D eigenvalue weighted by molar-refractivity contribution is -0.0583. The maximum Gasteiger partial charge on any atom is 0.231 e. The van der Waals surface area contributed by atoms with Gasteiger partial charge in [-0.1, -0.05) is 19.0 Å². The van der Waals surface area contributed by atoms with E-state index >= 15 is 0 Å². The summed E-state index contributed by atoms with van der Waals surface area (Å²) in [7, 11) is 0. The van der Waals surface area contributed by atoms with E-state index in [0.717, 1.165) is 31.7 Å². The molecule has 1 saturated heterocycles. The van der Waals surface area contributed by atoms with Crippen molar-refractivity contribution in [3.63, 3.8) is 0 Å². The molecule has 1 aromatic rings. The Morgan fingerprint density at radius 3 is 2.63 bits per heavy atom. The van der Waals surface area contributed by atoms with Crippen LogP contribution in [-0.4, -0.2) is 29.3 Å². The number of hydrogen-bond acceptors (Lipinski definition) is 5. The Morgan fingerprint density at radius 1 is 1.37 bits per heavy atom. The molecule has 1 aromatic heterocycles. The van der Waals surface area contributed by atoms with Gasteiger partial charge in [-0.05, 0) is 39.7 Å². The molecule has 0 aromatic carbocycles. The van der Waals surface area contributed by atoms with Gasteiger partial charge in [0.15, 0.2) is 0 Å². The molecule has 5 nitrogen and oxygen atoms in total. The zero-order chi connectivity index (χ0) is 13.9. The van der Waals surface area contributed by atoms with Crippen LogP contribution in [0.3, 0.4) is 0 Å². The Morgan fingerprint density at radius 2 is 2.11 bits per heavy atom. The molecule has 2 atom stereocenters. The topological polar surface area (TPSA) is 60.2 Å². The molecule has 19 heavy (non-hydrogen) atoms. The lowest BCUT2D eigenvalue weighted by Crippen LogP contribution is -2.30. The number of ether oxygens (including phenoxy) is 1. The van der Waals surface area contributed by atoms with Gasteiger partial charge >= 0.3 is 0 Å². The first kappa shape index (κ1) is 14.5. The van der Waals surface area contributed by atoms with Crippen LogP contribution in [0.15, 0.2) is 4.52 Å². The Labute approximate surface area is 115 Å². The van der Waals surface area contributed by atoms with Gasteiger partial charge in [-0.2, -0.15) is 4.98 Å². The monoisotopic (exact) mass is 267 g/mol. The second-order valence-electron chi connectivity index (χ2n) is 5.23. The van der Waals surface area contributed by atoms with Gasteiger partial charge in [0, 0.05) is 12.6 Å². The van der Waals surface area contributed by atoms with Gasteiger partial charge in [0.2, 0.25) is 11.7 Å². The van der Waals surface area contributed by atoms with E-state index in [1.54, 1.807) is 0 Å². The van der Waals surface area contributed by atoms with E-state index in [2.05, 4.69) is 36.2 Å². The lowest BCUT2D eigenvalue weighted by atomic mass is 9.96. The molecule has 2 unspecified atom stereocenters. The summed E-state index contributed by atoms with van der Waals surface area (Å²) in [5, 5.41) is 7.60. The summed E-state index contributed by atoms with van der Waals surface area (Å²) in [5.74, 6) is 1.78. The largest absolute Gasteiger partial charge is 0.367 e. The Hall–Kier alpha value is -0.940. The van der Waals surface area contributed by atoms with Crippen LogP contribution >= 0.6 is 0 Å². The Balaban J connectivity index is 2.23. The molecule has 2 rings (SSSR count). The van der Waals surface area contributed by atoms with E-state index in [4.69, 9.17) is 9.26 Å². The van der Waals surface area contributed by atoms with Crippen LogP contribution in [0, 0.1) is 0 Å². The fourth-order valence-corrected chi connectivity index (χ4v) is 2.88. The molecule has 1 N–H and O–H groups in total. The molecule has 1 fully saturated rings. The van der Waals surface area contributed by atoms with Crippen molar-refractivity contribution in [3.8, 4) is 0 Å². The lowest BCUT2D eigenvalue weighted by Gasteiger charge is -2.27. The van der Waals surface area contributed by atoms with E-state index in [9.17, 15) is 0 Å². The van der Waals surface area contributed by atoms with Crippen LogP contribution in [0.1, 0.15) is 64.6 Å². The second-order valence-corrected chi connectivity index (χ2v) is 5.23. The van der Waals surface area contributed by atoms with Crippen LogP contribution < -0.4 is 5.32 Å². The van der Waals surface area contributed by atoms with Crippen LogP contribution in [0.25, 0.3) is 0 Å². The first-order valence-corrected chi connectivity index (χ1v) is 7.38. The third-order valence-corrected chi connectivity index (χ3v) is 4.25. The Bertz CT molecular complexity index is 401. The number of hydrogen-bond donors (Lipinski definition) is 1. The molecule has 0 radical (unpaired) electrons. The fourth-order valence-electron chi connectivity index (χ4n) is 2.88. The highest BCUT2D eigenvalue weighted by molar-refractivity contribution is 5.06. The summed E-state index contributed by atoms with van der Waals surface area (Å²) in [6.07, 6.45) is 2.77. The maximum atomic E-state index is 5.92. The number of aromatic nitrogens is 2. The zero-order valence-electron chi connectivity index (χ0n) is 12.4. The standard InChI is InChI=1S/C14H25N3O2/c1-5-14(6-2,18-7-3)13-16-12(19-17-13)11-8-9-15-10(11)4/h10-11,15H,5-9H2,1-4H3. The van der Waals surface area contributed by atoms with E-state index in [1.165, 1.54) is 0 Å². The third-order valence-electron chi connectivity index (χ3n) is 4.25. The van der Waals surface area contributed by atoms with Gasteiger partial charge in [0.1, 0.15) is 5.60 Å². The summed E-state index contributed by atoms with van der Waals surface area (Å²) >= 11 is 0. The second kappa shape index (κ2) is 6.01. The van der Waals surface area contributed by atoms with Crippen molar-refractivity contribution < 1.29 is 9.26 Å². The quantitative estimate of drug-likeness (QED) is 0.858. The minimum Gasteiger partial charge on any atom is -0.367 e. The number of rotatable bonds is 6. The predicted octanol–water partition coefficient (Wildman–Crippen LogP) is 2.59. The normalized spacial score (nSPS) is 24.0. The van der Waals surface area contributed by atoms with Crippen molar-refractivity contribution >= 4 is 0 Å². The van der Waals surface area contributed by atoms with Crippen LogP contribution in [0.2, 0.25) is 0 Å². The summed E-state index contributed by atoms with van der Waals surface area (Å²) < 4.78 is 11.4. The number of nitrogens with one attached hydrogen (secondary N) is 1. The first-order valence-electron chi connectivity index (χ1n) is 7.38. The molecule has 2 heterocycles. The molecule has 0 aliphatic carbocycles. The van der Waals surface area contributed by atoms with Crippen LogP contribution in [0.5, 0.6) is 0 Å². The average molecular weight is 267 g/mol. The Kier molecular flexibility index (Phi) is 4.58. The third kappa shape index (κ3) is 2.67. The van der Waals surface area contributed by atoms with Crippen molar-refractivity contribution in [1.82, 2.24) is 15.5 Å². The van der Waals surface area contributed by atoms with Crippen molar-refractivity contribution in [2.45, 2.75) is 64.5 Å². The van der Waals surface area contributed by atoms with E-state index < -0.39 is 5.60 Å². The van der Waals surface area contributed by atoms with E-state index in [1.807, 2.05) is 6.92 Å². The van der Waals surface area contributed by atoms with Crippen molar-refractivity contribution in [2.24, 2.45) is 0 Å². The van der Waals surface area contributed by atoms with Crippen LogP contribution in [0.4, 0.5) is 0 Å². The molecule has 1 aliphatic heterocycles. The minimum absolute atomic E-state index is 0.328. The highest BCUT2D eigenvalue weighted by Gasteiger charge is 2.37. The summed E-state index contributed by atoms with van der Waals surface area (Å²) in [6, 6.07) is 0.401. The first-order chi connectivity index (χ1) is 9.16. The van der Waals surface area contributed by atoms with Crippen molar-refractivity contribution in [3.05, 3.63) is 11.7 Å². The molecule has 0 spiro atoms. The predicted molar refractivity (Wildman–Crippen MR) is 73.0 cm³/mol. The highest BCUT2D eigenvalue weighted by atomic mass is 16.5. The van der Waals surface area contributed by atoms with Gasteiger partial charge in [0.25, 0.3) is 0 Å². The van der Waals surface area contributed by atoms with Gasteiger partial charge < -0.3 is 14.6 Å². The van der Waals surface area contributed by atoms with Gasteiger partial charge in [-0.25, -0.2) is 0 Å². The van der Waals surface area contributed by atoms with Crippen molar-refractivity contribution in [1.29, 1.82) is 0 Å². The van der Waals surface area contributed by atoms with Gasteiger partial charge in [-0.3, -0.25) is 0 Å². The smallest absolute Gasteiger partial charge is 0.231 e. The molecule has 0 saturated carbocycles. The zero-order valence-corrected chi connectivity index (χ0v) is 12.4. The SMILES string of the molecule is CCOC(CC)(CC)c1noc(C2CCNC2C)n1.